The quantitative estimate of drug-likeness (QED) is 0.0963. The lowest BCUT2D eigenvalue weighted by Crippen LogP contribution is -2.34. The van der Waals surface area contributed by atoms with Crippen molar-refractivity contribution in [1.82, 2.24) is 0 Å². The zero-order valence-electron chi connectivity index (χ0n) is 30.3. The molecular weight excluding hydrogens is 650 g/mol. The van der Waals surface area contributed by atoms with Gasteiger partial charge in [-0.2, -0.15) is 15.8 Å². The molecule has 10 heteroatoms. The summed E-state index contributed by atoms with van der Waals surface area (Å²) in [6.07, 6.45) is 14.3. The van der Waals surface area contributed by atoms with E-state index in [9.17, 15) is 20.6 Å². The maximum absolute atomic E-state index is 13.6. The third-order valence-corrected chi connectivity index (χ3v) is 10.7. The molecule has 0 bridgehead atoms. The van der Waals surface area contributed by atoms with Gasteiger partial charge in [-0.05, 0) is 61.8 Å². The monoisotopic (exact) mass is 703 g/mol. The molecule has 0 aliphatic rings. The largest absolute Gasteiger partial charge is 0.371 e. The van der Waals surface area contributed by atoms with Crippen molar-refractivity contribution in [3.05, 3.63) is 39.2 Å². The first-order chi connectivity index (χ1) is 23.7. The second-order valence-electron chi connectivity index (χ2n) is 12.7. The van der Waals surface area contributed by atoms with Crippen LogP contribution < -0.4 is 10.2 Å². The summed E-state index contributed by atoms with van der Waals surface area (Å²) in [6.45, 7) is 15.1. The third-order valence-electron chi connectivity index (χ3n) is 9.15. The number of hydrogen-bond acceptors (Lipinski definition) is 8. The number of carbonyl (C=O) groups is 1. The molecule has 1 N–H and O–H groups in total. The molecule has 8 nitrogen and oxygen atoms in total. The average molecular weight is 704 g/mol. The minimum absolute atomic E-state index is 0.0373. The molecule has 0 spiro atoms. The maximum Gasteiger partial charge on any atom is 0.227 e. The average Bonchev–Trinajstić information content (AvgIpc) is 3.42. The van der Waals surface area contributed by atoms with Crippen LogP contribution in [0.15, 0.2) is 34.0 Å². The molecule has 0 saturated heterocycles. The molecular formula is C39H54ClN7OS. The van der Waals surface area contributed by atoms with Gasteiger partial charge in [-0.1, -0.05) is 105 Å². The van der Waals surface area contributed by atoms with Crippen LogP contribution in [0.4, 0.5) is 22.1 Å². The molecule has 0 radical (unpaired) electrons. The van der Waals surface area contributed by atoms with Gasteiger partial charge in [0.25, 0.3) is 0 Å². The van der Waals surface area contributed by atoms with Crippen LogP contribution in [0.1, 0.15) is 129 Å². The predicted molar refractivity (Wildman–Crippen MR) is 205 cm³/mol. The molecule has 49 heavy (non-hydrogen) atoms. The minimum atomic E-state index is -0.130. The van der Waals surface area contributed by atoms with Gasteiger partial charge in [0.05, 0.1) is 15.6 Å². The second kappa shape index (κ2) is 22.8. The minimum Gasteiger partial charge on any atom is -0.371 e. The van der Waals surface area contributed by atoms with Crippen LogP contribution in [0.2, 0.25) is 5.02 Å². The number of hydrogen-bond donors (Lipinski definition) is 1. The number of allylic oxidation sites excluding steroid dienone is 1. The van der Waals surface area contributed by atoms with Gasteiger partial charge in [0.1, 0.15) is 35.0 Å². The molecule has 0 aliphatic heterocycles. The van der Waals surface area contributed by atoms with Crippen molar-refractivity contribution in [2.24, 2.45) is 28.0 Å². The molecule has 0 saturated carbocycles. The van der Waals surface area contributed by atoms with E-state index < -0.39 is 0 Å². The van der Waals surface area contributed by atoms with E-state index in [1.54, 1.807) is 0 Å². The third kappa shape index (κ3) is 12.9. The van der Waals surface area contributed by atoms with E-state index in [1.165, 1.54) is 44.6 Å². The number of rotatable bonds is 22. The van der Waals surface area contributed by atoms with Crippen LogP contribution in [-0.2, 0) is 4.79 Å². The summed E-state index contributed by atoms with van der Waals surface area (Å²) in [5.74, 6) is 0.980. The maximum atomic E-state index is 13.6. The summed E-state index contributed by atoms with van der Waals surface area (Å²) in [6, 6.07) is 11.7. The van der Waals surface area contributed by atoms with Crippen molar-refractivity contribution in [1.29, 1.82) is 15.8 Å². The van der Waals surface area contributed by atoms with Gasteiger partial charge in [0, 0.05) is 24.7 Å². The van der Waals surface area contributed by atoms with Gasteiger partial charge in [0.2, 0.25) is 5.91 Å². The Kier molecular flexibility index (Phi) is 19.3. The van der Waals surface area contributed by atoms with Gasteiger partial charge in [-0.15, -0.1) is 21.6 Å². The van der Waals surface area contributed by atoms with Crippen molar-refractivity contribution >= 4 is 57.0 Å². The molecule has 1 aromatic carbocycles. The number of halogens is 1. The summed E-state index contributed by atoms with van der Waals surface area (Å²) in [7, 11) is 0. The Labute approximate surface area is 303 Å². The van der Waals surface area contributed by atoms with Gasteiger partial charge in [-0.25, -0.2) is 0 Å². The lowest BCUT2D eigenvalue weighted by Gasteiger charge is -2.33. The van der Waals surface area contributed by atoms with Crippen molar-refractivity contribution in [3.63, 3.8) is 0 Å². The molecule has 3 atom stereocenters. The van der Waals surface area contributed by atoms with Gasteiger partial charge >= 0.3 is 0 Å². The highest BCUT2D eigenvalue weighted by Gasteiger charge is 2.22. The first-order valence-corrected chi connectivity index (χ1v) is 19.3. The Morgan fingerprint density at radius 2 is 1.49 bits per heavy atom. The molecule has 0 aliphatic carbocycles. The van der Waals surface area contributed by atoms with Crippen molar-refractivity contribution in [2.45, 2.75) is 119 Å². The van der Waals surface area contributed by atoms with Gasteiger partial charge in [-0.3, -0.25) is 4.79 Å². The van der Waals surface area contributed by atoms with Crippen LogP contribution >= 0.6 is 22.9 Å². The van der Waals surface area contributed by atoms with Crippen LogP contribution in [0.5, 0.6) is 0 Å². The van der Waals surface area contributed by atoms with Crippen molar-refractivity contribution in [2.75, 3.05) is 23.3 Å². The van der Waals surface area contributed by atoms with Crippen LogP contribution in [0, 0.1) is 51.7 Å². The van der Waals surface area contributed by atoms with E-state index in [2.05, 4.69) is 67.2 Å². The Morgan fingerprint density at radius 1 is 0.898 bits per heavy atom. The fraction of sp³-hybridized carbons (Fsp3) is 0.590. The summed E-state index contributed by atoms with van der Waals surface area (Å²) in [5, 5.41) is 40.8. The van der Waals surface area contributed by atoms with Crippen molar-refractivity contribution < 1.29 is 4.79 Å². The molecule has 2 aromatic rings. The number of nitrogens with zero attached hydrogens (tertiary/aromatic N) is 6. The van der Waals surface area contributed by atoms with E-state index >= 15 is 0 Å². The summed E-state index contributed by atoms with van der Waals surface area (Å²) in [4.78, 5) is 16.5. The van der Waals surface area contributed by atoms with Crippen LogP contribution in [-0.4, -0.2) is 19.0 Å². The highest BCUT2D eigenvalue weighted by atomic mass is 35.5. The van der Waals surface area contributed by atoms with Crippen molar-refractivity contribution in [3.8, 4) is 18.2 Å². The molecule has 1 heterocycles. The highest BCUT2D eigenvalue weighted by Crippen LogP contribution is 2.42. The zero-order valence-corrected chi connectivity index (χ0v) is 31.9. The molecule has 1 amide bonds. The molecule has 3 unspecified atom stereocenters. The van der Waals surface area contributed by atoms with Crippen LogP contribution in [0.25, 0.3) is 6.08 Å². The number of carbonyl (C=O) groups excluding carboxylic acids is 1. The van der Waals surface area contributed by atoms with Gasteiger partial charge < -0.3 is 10.2 Å². The Balaban J connectivity index is 2.66. The molecule has 1 aromatic heterocycles. The fourth-order valence-corrected chi connectivity index (χ4v) is 7.12. The lowest BCUT2D eigenvalue weighted by molar-refractivity contribution is -0.120. The molecule has 2 rings (SSSR count). The van der Waals surface area contributed by atoms with Crippen LogP contribution in [0.3, 0.4) is 0 Å². The zero-order chi connectivity index (χ0) is 36.2. The lowest BCUT2D eigenvalue weighted by atomic mass is 9.95. The number of nitriles is 3. The van der Waals surface area contributed by atoms with E-state index in [4.69, 9.17) is 11.6 Å². The Bertz CT molecular complexity index is 1490. The SMILES string of the molecule is CCCCC(CC)CN(CC(CC)CCCC)c1ccc(/N=N/c2sc(C=C(C#N)C#N)c(Cl)c2C#N)c(NC(=O)C(CC)CCCC)c1. The number of thiophene rings is 1. The fourth-order valence-electron chi connectivity index (χ4n) is 5.85. The van der Waals surface area contributed by atoms with E-state index in [0.717, 1.165) is 68.6 Å². The Hall–Kier alpha value is -3.71. The number of azo groups is 1. The number of anilines is 2. The normalized spacial score (nSPS) is 12.8. The first-order valence-electron chi connectivity index (χ1n) is 18.1. The number of unbranched alkanes of at least 4 members (excludes halogenated alkanes) is 3. The number of amides is 1. The molecule has 264 valence electrons. The molecule has 0 fully saturated rings. The highest BCUT2D eigenvalue weighted by molar-refractivity contribution is 7.17. The second-order valence-corrected chi connectivity index (χ2v) is 14.1. The predicted octanol–water partition coefficient (Wildman–Crippen LogP) is 12.5. The van der Waals surface area contributed by atoms with E-state index in [-0.39, 0.29) is 33.0 Å². The number of nitrogens with one attached hydrogen (secondary N) is 1. The van der Waals surface area contributed by atoms with E-state index in [0.29, 0.717) is 28.1 Å². The smallest absolute Gasteiger partial charge is 0.227 e. The standard InChI is InChI=1S/C39H54ClN7OS/c1-7-13-16-28(10-4)26-47(27-29(11-5)17-14-8-2)32-19-20-34(35(22-32)44-38(48)31(12-6)18-15-9-3)45-46-39-33(25-43)37(40)36(49-39)21-30(23-41)24-42/h19-22,28-29,31H,7-18,26-27H2,1-6H3,(H,44,48)/b46-45+. The topological polar surface area (TPSA) is 128 Å². The number of benzene rings is 1. The summed E-state index contributed by atoms with van der Waals surface area (Å²) in [5.41, 5.74) is 2.08. The summed E-state index contributed by atoms with van der Waals surface area (Å²) < 4.78 is 0. The Morgan fingerprint density at radius 3 is 2.00 bits per heavy atom. The van der Waals surface area contributed by atoms with E-state index in [1.807, 2.05) is 31.2 Å². The summed E-state index contributed by atoms with van der Waals surface area (Å²) >= 11 is 7.52. The first kappa shape index (κ1) is 41.5. The van der Waals surface area contributed by atoms with Gasteiger partial charge in [0.15, 0.2) is 5.00 Å².